The van der Waals surface area contributed by atoms with Gasteiger partial charge in [-0.3, -0.25) is 4.98 Å². The molecule has 0 saturated carbocycles. The molecule has 0 spiro atoms. The predicted molar refractivity (Wildman–Crippen MR) is 68.1 cm³/mol. The first kappa shape index (κ1) is 14.1. The molecule has 96 valence electrons. The summed E-state index contributed by atoms with van der Waals surface area (Å²) >= 11 is 0. The van der Waals surface area contributed by atoms with Crippen molar-refractivity contribution >= 4 is 10.0 Å². The van der Waals surface area contributed by atoms with Gasteiger partial charge < -0.3 is 5.32 Å². The molecule has 0 aliphatic rings. The van der Waals surface area contributed by atoms with Crippen LogP contribution in [0.15, 0.2) is 18.2 Å². The van der Waals surface area contributed by atoms with Crippen molar-refractivity contribution in [2.24, 2.45) is 0 Å². The molecule has 0 aromatic carbocycles. The highest BCUT2D eigenvalue weighted by atomic mass is 32.2. The van der Waals surface area contributed by atoms with Crippen LogP contribution in [-0.2, 0) is 16.6 Å². The normalized spacial score (nSPS) is 11.6. The summed E-state index contributed by atoms with van der Waals surface area (Å²) in [6.45, 7) is 2.83. The molecule has 0 amide bonds. The average molecular weight is 257 g/mol. The minimum absolute atomic E-state index is 0.139. The maximum Gasteiger partial charge on any atom is 0.211 e. The predicted octanol–water partition coefficient (Wildman–Crippen LogP) is 0.419. The van der Waals surface area contributed by atoms with Gasteiger partial charge >= 0.3 is 0 Å². The highest BCUT2D eigenvalue weighted by Gasteiger charge is 2.09. The smallest absolute Gasteiger partial charge is 0.211 e. The van der Waals surface area contributed by atoms with Crippen LogP contribution < -0.4 is 10.0 Å². The minimum atomic E-state index is -3.19. The van der Waals surface area contributed by atoms with Gasteiger partial charge in [0.1, 0.15) is 0 Å². The van der Waals surface area contributed by atoms with Crippen LogP contribution in [0.1, 0.15) is 17.8 Å². The van der Waals surface area contributed by atoms with Crippen molar-refractivity contribution in [3.8, 4) is 0 Å². The summed E-state index contributed by atoms with van der Waals surface area (Å²) in [6.07, 6.45) is 0.604. The number of nitrogens with one attached hydrogen (secondary N) is 2. The van der Waals surface area contributed by atoms with E-state index in [-0.39, 0.29) is 12.3 Å². The monoisotopic (exact) mass is 257 g/mol. The van der Waals surface area contributed by atoms with Gasteiger partial charge in [0.25, 0.3) is 0 Å². The summed E-state index contributed by atoms with van der Waals surface area (Å²) in [5.74, 6) is 0.139. The van der Waals surface area contributed by atoms with Gasteiger partial charge in [0.2, 0.25) is 10.0 Å². The molecule has 1 aromatic rings. The lowest BCUT2D eigenvalue weighted by atomic mass is 10.3. The largest absolute Gasteiger partial charge is 0.320 e. The van der Waals surface area contributed by atoms with E-state index in [1.165, 1.54) is 0 Å². The molecular formula is C11H19N3O2S. The molecule has 0 radical (unpaired) electrons. The number of aryl methyl sites for hydroxylation is 1. The van der Waals surface area contributed by atoms with Crippen LogP contribution in [0.25, 0.3) is 0 Å². The minimum Gasteiger partial charge on any atom is -0.320 e. The fourth-order valence-corrected chi connectivity index (χ4v) is 2.43. The van der Waals surface area contributed by atoms with Crippen molar-refractivity contribution in [2.75, 3.05) is 19.3 Å². The van der Waals surface area contributed by atoms with Crippen LogP contribution in [0.5, 0.6) is 0 Å². The Bertz CT molecular complexity index is 446. The molecule has 0 bridgehead atoms. The average Bonchev–Trinajstić information content (AvgIpc) is 2.27. The van der Waals surface area contributed by atoms with Crippen LogP contribution >= 0.6 is 0 Å². The van der Waals surface area contributed by atoms with Crippen LogP contribution in [0.4, 0.5) is 0 Å². The molecule has 1 aromatic heterocycles. The van der Waals surface area contributed by atoms with E-state index in [0.717, 1.165) is 11.4 Å². The van der Waals surface area contributed by atoms with Gasteiger partial charge in [-0.1, -0.05) is 6.07 Å². The number of sulfonamides is 1. The summed E-state index contributed by atoms with van der Waals surface area (Å²) in [5.41, 5.74) is 1.62. The molecule has 0 aliphatic carbocycles. The molecule has 6 heteroatoms. The zero-order valence-electron chi connectivity index (χ0n) is 10.2. The zero-order chi connectivity index (χ0) is 12.7. The van der Waals surface area contributed by atoms with Crippen molar-refractivity contribution in [2.45, 2.75) is 19.9 Å². The molecule has 1 heterocycles. The van der Waals surface area contributed by atoms with Crippen LogP contribution in [0.2, 0.25) is 0 Å². The Kier molecular flexibility index (Phi) is 5.54. The number of hydrogen-bond acceptors (Lipinski definition) is 4. The summed E-state index contributed by atoms with van der Waals surface area (Å²) in [5, 5.41) is 2.92. The molecule has 0 atom stereocenters. The molecule has 0 unspecified atom stereocenters. The Labute approximate surface area is 103 Å². The van der Waals surface area contributed by atoms with E-state index in [2.05, 4.69) is 15.0 Å². The maximum atomic E-state index is 11.6. The summed E-state index contributed by atoms with van der Waals surface area (Å²) in [4.78, 5) is 4.23. The van der Waals surface area contributed by atoms with E-state index >= 15 is 0 Å². The van der Waals surface area contributed by atoms with Gasteiger partial charge in [0.05, 0.1) is 18.0 Å². The van der Waals surface area contributed by atoms with E-state index in [0.29, 0.717) is 13.0 Å². The Morgan fingerprint density at radius 1 is 1.35 bits per heavy atom. The second-order valence-electron chi connectivity index (χ2n) is 3.87. The summed E-state index contributed by atoms with van der Waals surface area (Å²) in [6, 6.07) is 5.56. The van der Waals surface area contributed by atoms with Crippen molar-refractivity contribution in [1.29, 1.82) is 0 Å². The number of pyridine rings is 1. The first-order chi connectivity index (χ1) is 8.03. The molecule has 1 rings (SSSR count). The fraction of sp³-hybridized carbons (Fsp3) is 0.545. The van der Waals surface area contributed by atoms with Crippen molar-refractivity contribution in [3.63, 3.8) is 0 Å². The molecular weight excluding hydrogens is 238 g/mol. The van der Waals surface area contributed by atoms with Gasteiger partial charge in [-0.25, -0.2) is 13.1 Å². The molecule has 0 aliphatic heterocycles. The number of rotatable bonds is 7. The topological polar surface area (TPSA) is 71.1 Å². The Hall–Kier alpha value is -0.980. The fourth-order valence-electron chi connectivity index (χ4n) is 1.39. The molecule has 5 nitrogen and oxygen atoms in total. The third kappa shape index (κ3) is 5.76. The highest BCUT2D eigenvalue weighted by Crippen LogP contribution is 1.99. The van der Waals surface area contributed by atoms with Crippen LogP contribution in [0, 0.1) is 6.92 Å². The summed E-state index contributed by atoms with van der Waals surface area (Å²) in [7, 11) is -1.39. The first-order valence-electron chi connectivity index (χ1n) is 5.58. The lowest BCUT2D eigenvalue weighted by Gasteiger charge is -2.06. The quantitative estimate of drug-likeness (QED) is 0.694. The van der Waals surface area contributed by atoms with Crippen molar-refractivity contribution in [1.82, 2.24) is 15.0 Å². The van der Waals surface area contributed by atoms with Gasteiger partial charge in [0, 0.05) is 5.69 Å². The molecule has 2 N–H and O–H groups in total. The van der Waals surface area contributed by atoms with Crippen LogP contribution in [-0.4, -0.2) is 32.7 Å². The van der Waals surface area contributed by atoms with Crippen molar-refractivity contribution in [3.05, 3.63) is 29.6 Å². The Morgan fingerprint density at radius 2 is 2.12 bits per heavy atom. The lowest BCUT2D eigenvalue weighted by molar-refractivity contribution is 0.576. The van der Waals surface area contributed by atoms with Crippen LogP contribution in [0.3, 0.4) is 0 Å². The number of nitrogens with zero attached hydrogens (tertiary/aromatic N) is 1. The standard InChI is InChI=1S/C11H19N3O2S/c1-10-5-3-6-11(14-10)9-13-17(15,16)8-4-7-12-2/h3,5-6,12-13H,4,7-9H2,1-2H3. The van der Waals surface area contributed by atoms with Gasteiger partial charge in [-0.2, -0.15) is 0 Å². The van der Waals surface area contributed by atoms with Gasteiger partial charge in [-0.05, 0) is 39.1 Å². The first-order valence-corrected chi connectivity index (χ1v) is 7.23. The lowest BCUT2D eigenvalue weighted by Crippen LogP contribution is -2.27. The molecule has 17 heavy (non-hydrogen) atoms. The molecule has 0 fully saturated rings. The Balaban J connectivity index is 2.44. The van der Waals surface area contributed by atoms with E-state index in [4.69, 9.17) is 0 Å². The second-order valence-corrected chi connectivity index (χ2v) is 5.79. The van der Waals surface area contributed by atoms with E-state index in [1.54, 1.807) is 7.05 Å². The second kappa shape index (κ2) is 6.68. The van der Waals surface area contributed by atoms with Gasteiger partial charge in [0.15, 0.2) is 0 Å². The molecule has 0 saturated heterocycles. The van der Waals surface area contributed by atoms with Gasteiger partial charge in [-0.15, -0.1) is 0 Å². The number of aromatic nitrogens is 1. The highest BCUT2D eigenvalue weighted by molar-refractivity contribution is 7.89. The third-order valence-electron chi connectivity index (χ3n) is 2.26. The van der Waals surface area contributed by atoms with E-state index < -0.39 is 10.0 Å². The van der Waals surface area contributed by atoms with E-state index in [1.807, 2.05) is 25.1 Å². The maximum absolute atomic E-state index is 11.6. The Morgan fingerprint density at radius 3 is 2.76 bits per heavy atom. The summed E-state index contributed by atoms with van der Waals surface area (Å²) < 4.78 is 25.7. The van der Waals surface area contributed by atoms with Crippen molar-refractivity contribution < 1.29 is 8.42 Å². The van der Waals surface area contributed by atoms with E-state index in [9.17, 15) is 8.42 Å². The SMILES string of the molecule is CNCCCS(=O)(=O)NCc1cccc(C)n1. The number of hydrogen-bond donors (Lipinski definition) is 2. The zero-order valence-corrected chi connectivity index (χ0v) is 11.0. The third-order valence-corrected chi connectivity index (χ3v) is 3.67.